The topological polar surface area (TPSA) is 106 Å². The summed E-state index contributed by atoms with van der Waals surface area (Å²) in [6.07, 6.45) is -0.967. The van der Waals surface area contributed by atoms with E-state index in [-0.39, 0.29) is 18.2 Å². The molecule has 1 aromatic carbocycles. The first-order valence-electron chi connectivity index (χ1n) is 6.02. The quantitative estimate of drug-likeness (QED) is 0.755. The fourth-order valence-electron chi connectivity index (χ4n) is 1.52. The van der Waals surface area contributed by atoms with Gasteiger partial charge in [0.15, 0.2) is 17.7 Å². The molecule has 0 saturated carbocycles. The Morgan fingerprint density at radius 3 is 2.90 bits per heavy atom. The van der Waals surface area contributed by atoms with Crippen molar-refractivity contribution >= 4 is 11.9 Å². The lowest BCUT2D eigenvalue weighted by molar-refractivity contribution is -0.127. The number of nitrogens with one attached hydrogen (secondary N) is 2. The average Bonchev–Trinajstić information content (AvgIpc) is 2.85. The number of H-pyrrole nitrogens is 1. The molecule has 1 amide bonds. The van der Waals surface area contributed by atoms with Gasteiger partial charge in [-0.25, -0.2) is 8.78 Å². The van der Waals surface area contributed by atoms with Gasteiger partial charge < -0.3 is 15.8 Å². The van der Waals surface area contributed by atoms with Gasteiger partial charge in [0.1, 0.15) is 11.6 Å². The highest BCUT2D eigenvalue weighted by molar-refractivity contribution is 5.80. The van der Waals surface area contributed by atoms with Crippen LogP contribution in [0.5, 0.6) is 5.75 Å². The normalized spacial score (nSPS) is 12.0. The van der Waals surface area contributed by atoms with Gasteiger partial charge >= 0.3 is 0 Å². The molecule has 1 heterocycles. The van der Waals surface area contributed by atoms with Crippen molar-refractivity contribution in [1.29, 1.82) is 0 Å². The molecule has 9 heteroatoms. The minimum absolute atomic E-state index is 0.0666. The molecule has 1 aromatic heterocycles. The summed E-state index contributed by atoms with van der Waals surface area (Å²) in [7, 11) is 0. The number of nitrogen functional groups attached to an aromatic ring is 1. The highest BCUT2D eigenvalue weighted by atomic mass is 19.1. The number of aromatic amines is 1. The van der Waals surface area contributed by atoms with Crippen molar-refractivity contribution in [2.45, 2.75) is 19.6 Å². The van der Waals surface area contributed by atoms with E-state index >= 15 is 0 Å². The minimum Gasteiger partial charge on any atom is -0.478 e. The number of nitrogens with zero attached hydrogens (tertiary/aromatic N) is 2. The number of rotatable bonds is 5. The molecule has 0 unspecified atom stereocenters. The van der Waals surface area contributed by atoms with E-state index in [0.29, 0.717) is 11.9 Å². The van der Waals surface area contributed by atoms with Gasteiger partial charge in [-0.05, 0) is 19.1 Å². The fourth-order valence-corrected chi connectivity index (χ4v) is 1.52. The lowest BCUT2D eigenvalue weighted by Crippen LogP contribution is -2.36. The Morgan fingerprint density at radius 2 is 2.29 bits per heavy atom. The highest BCUT2D eigenvalue weighted by Crippen LogP contribution is 2.18. The molecule has 0 aliphatic heterocycles. The van der Waals surface area contributed by atoms with Gasteiger partial charge in [0.05, 0.1) is 6.54 Å². The van der Waals surface area contributed by atoms with Gasteiger partial charge in [-0.3, -0.25) is 9.89 Å². The molecule has 2 rings (SSSR count). The summed E-state index contributed by atoms with van der Waals surface area (Å²) in [6, 6.07) is 2.84. The number of anilines is 1. The van der Waals surface area contributed by atoms with E-state index in [1.54, 1.807) is 0 Å². The Balaban J connectivity index is 1.90. The van der Waals surface area contributed by atoms with E-state index in [1.807, 2.05) is 0 Å². The van der Waals surface area contributed by atoms with E-state index < -0.39 is 23.6 Å². The molecule has 0 spiro atoms. The van der Waals surface area contributed by atoms with E-state index in [9.17, 15) is 13.6 Å². The zero-order valence-electron chi connectivity index (χ0n) is 11.1. The van der Waals surface area contributed by atoms with Crippen LogP contribution in [0.1, 0.15) is 12.7 Å². The number of benzene rings is 1. The summed E-state index contributed by atoms with van der Waals surface area (Å²) in [5.74, 6) is -1.85. The van der Waals surface area contributed by atoms with Crippen molar-refractivity contribution in [3.8, 4) is 5.75 Å². The maximum Gasteiger partial charge on any atom is 0.261 e. The number of hydrogen-bond acceptors (Lipinski definition) is 5. The van der Waals surface area contributed by atoms with Gasteiger partial charge in [0.2, 0.25) is 5.95 Å². The number of aromatic nitrogens is 3. The third kappa shape index (κ3) is 3.88. The Labute approximate surface area is 118 Å². The first kappa shape index (κ1) is 14.7. The van der Waals surface area contributed by atoms with Crippen molar-refractivity contribution in [2.24, 2.45) is 0 Å². The molecule has 112 valence electrons. The molecule has 0 fully saturated rings. The van der Waals surface area contributed by atoms with E-state index in [4.69, 9.17) is 10.5 Å². The Kier molecular flexibility index (Phi) is 4.31. The van der Waals surface area contributed by atoms with Crippen LogP contribution in [0.15, 0.2) is 18.2 Å². The van der Waals surface area contributed by atoms with Gasteiger partial charge in [0.25, 0.3) is 5.91 Å². The monoisotopic (exact) mass is 297 g/mol. The van der Waals surface area contributed by atoms with Crippen molar-refractivity contribution in [3.63, 3.8) is 0 Å². The molecule has 1 atom stereocenters. The summed E-state index contributed by atoms with van der Waals surface area (Å²) in [4.78, 5) is 15.6. The minimum atomic E-state index is -0.967. The van der Waals surface area contributed by atoms with Gasteiger partial charge in [-0.1, -0.05) is 0 Å². The summed E-state index contributed by atoms with van der Waals surface area (Å²) in [5, 5.41) is 8.64. The maximum absolute atomic E-state index is 13.4. The van der Waals surface area contributed by atoms with Crippen LogP contribution in [0, 0.1) is 11.6 Å². The van der Waals surface area contributed by atoms with Crippen molar-refractivity contribution in [3.05, 3.63) is 35.7 Å². The zero-order valence-corrected chi connectivity index (χ0v) is 11.1. The smallest absolute Gasteiger partial charge is 0.261 e. The number of carbonyl (C=O) groups is 1. The summed E-state index contributed by atoms with van der Waals surface area (Å²) in [5.41, 5.74) is 5.31. The number of halogens is 2. The number of carbonyl (C=O) groups excluding carboxylic acids is 1. The fraction of sp³-hybridized carbons (Fsp3) is 0.250. The van der Waals surface area contributed by atoms with Crippen molar-refractivity contribution in [2.75, 3.05) is 5.73 Å². The predicted molar refractivity (Wildman–Crippen MR) is 69.1 cm³/mol. The number of nitrogens with two attached hydrogens (primary N) is 1. The molecule has 0 saturated heterocycles. The first-order valence-corrected chi connectivity index (χ1v) is 6.02. The standard InChI is InChI=1S/C12H13F2N5O2/c1-6(21-9-3-2-7(13)4-8(9)14)11(20)16-5-10-17-12(15)19-18-10/h2-4,6H,5H2,1H3,(H,16,20)(H3,15,17,18,19)/t6-/m1/s1. The van der Waals surface area contributed by atoms with Crippen LogP contribution in [0.2, 0.25) is 0 Å². The van der Waals surface area contributed by atoms with Crippen LogP contribution in [0.3, 0.4) is 0 Å². The second-order valence-corrected chi connectivity index (χ2v) is 4.19. The molecule has 0 aliphatic rings. The Bertz CT molecular complexity index is 646. The second-order valence-electron chi connectivity index (χ2n) is 4.19. The summed E-state index contributed by atoms with van der Waals surface area (Å²) < 4.78 is 31.3. The molecular formula is C12H13F2N5O2. The van der Waals surface area contributed by atoms with Crippen LogP contribution in [0.4, 0.5) is 14.7 Å². The van der Waals surface area contributed by atoms with Crippen LogP contribution in [-0.2, 0) is 11.3 Å². The van der Waals surface area contributed by atoms with Gasteiger partial charge in [-0.15, -0.1) is 5.10 Å². The van der Waals surface area contributed by atoms with Crippen LogP contribution < -0.4 is 15.8 Å². The zero-order chi connectivity index (χ0) is 15.4. The first-order chi connectivity index (χ1) is 9.95. The Hall–Kier alpha value is -2.71. The third-order valence-electron chi connectivity index (χ3n) is 2.55. The summed E-state index contributed by atoms with van der Waals surface area (Å²) in [6.45, 7) is 1.51. The van der Waals surface area contributed by atoms with Crippen molar-refractivity contribution < 1.29 is 18.3 Å². The molecular weight excluding hydrogens is 284 g/mol. The second kappa shape index (κ2) is 6.16. The number of amides is 1. The van der Waals surface area contributed by atoms with Crippen molar-refractivity contribution in [1.82, 2.24) is 20.5 Å². The van der Waals surface area contributed by atoms with E-state index in [1.165, 1.54) is 6.92 Å². The molecule has 0 radical (unpaired) electrons. The maximum atomic E-state index is 13.4. The Morgan fingerprint density at radius 1 is 1.52 bits per heavy atom. The lowest BCUT2D eigenvalue weighted by Gasteiger charge is -2.14. The molecule has 0 aliphatic carbocycles. The van der Waals surface area contributed by atoms with Crippen LogP contribution >= 0.6 is 0 Å². The highest BCUT2D eigenvalue weighted by Gasteiger charge is 2.17. The van der Waals surface area contributed by atoms with E-state index in [2.05, 4.69) is 20.5 Å². The molecule has 21 heavy (non-hydrogen) atoms. The third-order valence-corrected chi connectivity index (χ3v) is 2.55. The number of ether oxygens (including phenoxy) is 1. The van der Waals surface area contributed by atoms with Crippen LogP contribution in [0.25, 0.3) is 0 Å². The van der Waals surface area contributed by atoms with Gasteiger partial charge in [0, 0.05) is 6.07 Å². The summed E-state index contributed by atoms with van der Waals surface area (Å²) >= 11 is 0. The predicted octanol–water partition coefficient (Wildman–Crippen LogP) is 0.749. The molecule has 2 aromatic rings. The molecule has 0 bridgehead atoms. The lowest BCUT2D eigenvalue weighted by atomic mass is 10.3. The van der Waals surface area contributed by atoms with Crippen LogP contribution in [-0.4, -0.2) is 27.2 Å². The number of hydrogen-bond donors (Lipinski definition) is 3. The molecule has 4 N–H and O–H groups in total. The van der Waals surface area contributed by atoms with Gasteiger partial charge in [-0.2, -0.15) is 4.98 Å². The largest absolute Gasteiger partial charge is 0.478 e. The van der Waals surface area contributed by atoms with E-state index in [0.717, 1.165) is 12.1 Å². The SMILES string of the molecule is C[C@@H](Oc1ccc(F)cc1F)C(=O)NCc1nc(N)n[nH]1. The average molecular weight is 297 g/mol. The molecule has 7 nitrogen and oxygen atoms in total.